The van der Waals surface area contributed by atoms with E-state index >= 15 is 0 Å². The smallest absolute Gasteiger partial charge is 0.307 e. The molecule has 1 heterocycles. The minimum Gasteiger partial charge on any atom is -0.481 e. The van der Waals surface area contributed by atoms with Crippen molar-refractivity contribution in [3.8, 4) is 0 Å². The number of carboxylic acids is 1. The molecule has 0 aliphatic rings. The van der Waals surface area contributed by atoms with Gasteiger partial charge in [-0.3, -0.25) is 19.8 Å². The van der Waals surface area contributed by atoms with Crippen molar-refractivity contribution in [2.45, 2.75) is 20.8 Å². The van der Waals surface area contributed by atoms with E-state index in [1.165, 1.54) is 0 Å². The summed E-state index contributed by atoms with van der Waals surface area (Å²) in [6.07, 6.45) is 0. The molecule has 1 aromatic heterocycles. The molecule has 19 heavy (non-hydrogen) atoms. The van der Waals surface area contributed by atoms with Gasteiger partial charge in [-0.25, -0.2) is 0 Å². The first-order valence-corrected chi connectivity index (χ1v) is 6.10. The summed E-state index contributed by atoms with van der Waals surface area (Å²) in [6.45, 7) is 6.29. The summed E-state index contributed by atoms with van der Waals surface area (Å²) < 4.78 is 4.87. The number of carbonyl (C=O) groups is 2. The Morgan fingerprint density at radius 2 is 2.26 bits per heavy atom. The number of hydrogen-bond acceptors (Lipinski definition) is 5. The highest BCUT2D eigenvalue weighted by molar-refractivity contribution is 5.91. The Morgan fingerprint density at radius 1 is 1.58 bits per heavy atom. The molecular weight excluding hydrogens is 250 g/mol. The van der Waals surface area contributed by atoms with Gasteiger partial charge in [-0.1, -0.05) is 19.0 Å². The van der Waals surface area contributed by atoms with Crippen molar-refractivity contribution in [1.29, 1.82) is 0 Å². The summed E-state index contributed by atoms with van der Waals surface area (Å²) in [5.74, 6) is -1.34. The molecule has 1 atom stereocenters. The summed E-state index contributed by atoms with van der Waals surface area (Å²) >= 11 is 0. The van der Waals surface area contributed by atoms with Crippen LogP contribution in [-0.4, -0.2) is 46.7 Å². The highest BCUT2D eigenvalue weighted by Crippen LogP contribution is 2.08. The molecule has 2 N–H and O–H groups in total. The number of nitrogens with one attached hydrogen (secondary N) is 1. The zero-order valence-electron chi connectivity index (χ0n) is 11.3. The molecule has 1 aromatic rings. The largest absolute Gasteiger partial charge is 0.481 e. The van der Waals surface area contributed by atoms with Crippen LogP contribution >= 0.6 is 0 Å². The molecule has 1 unspecified atom stereocenters. The van der Waals surface area contributed by atoms with Gasteiger partial charge in [0.2, 0.25) is 11.8 Å². The fraction of sp³-hybridized carbons (Fsp3) is 0.583. The number of nitrogens with zero attached hydrogens (tertiary/aromatic N) is 2. The zero-order valence-corrected chi connectivity index (χ0v) is 11.3. The fourth-order valence-electron chi connectivity index (χ4n) is 1.57. The third-order valence-corrected chi connectivity index (χ3v) is 2.66. The molecule has 7 nitrogen and oxygen atoms in total. The van der Waals surface area contributed by atoms with E-state index in [-0.39, 0.29) is 12.5 Å². The number of amides is 1. The minimum atomic E-state index is -0.871. The summed E-state index contributed by atoms with van der Waals surface area (Å²) in [5, 5.41) is 15.1. The number of rotatable bonds is 7. The van der Waals surface area contributed by atoms with Crippen LogP contribution in [0, 0.1) is 12.8 Å². The van der Waals surface area contributed by atoms with Crippen LogP contribution in [0.2, 0.25) is 0 Å². The quantitative estimate of drug-likeness (QED) is 0.765. The standard InChI is InChI=1S/C12H19N3O4/c1-4-15(6-8(2)12(17)18)7-10(16)13-11-5-9(3)14-19-11/h5,8H,4,6-7H2,1-3H3,(H,13,16)(H,17,18). The van der Waals surface area contributed by atoms with Crippen molar-refractivity contribution < 1.29 is 19.2 Å². The highest BCUT2D eigenvalue weighted by Gasteiger charge is 2.17. The molecule has 0 aliphatic carbocycles. The van der Waals surface area contributed by atoms with Gasteiger partial charge in [0.1, 0.15) is 0 Å². The average molecular weight is 269 g/mol. The molecule has 1 amide bonds. The lowest BCUT2D eigenvalue weighted by Gasteiger charge is -2.21. The summed E-state index contributed by atoms with van der Waals surface area (Å²) in [4.78, 5) is 24.3. The third-order valence-electron chi connectivity index (χ3n) is 2.66. The maximum absolute atomic E-state index is 11.8. The maximum atomic E-state index is 11.8. The number of hydrogen-bond donors (Lipinski definition) is 2. The first kappa shape index (κ1) is 15.2. The van der Waals surface area contributed by atoms with Crippen molar-refractivity contribution in [3.63, 3.8) is 0 Å². The van der Waals surface area contributed by atoms with Gasteiger partial charge < -0.3 is 9.63 Å². The number of carboxylic acid groups (broad SMARTS) is 1. The van der Waals surface area contributed by atoms with Crippen LogP contribution in [0.3, 0.4) is 0 Å². The molecule has 7 heteroatoms. The molecule has 0 fully saturated rings. The first-order valence-electron chi connectivity index (χ1n) is 6.10. The monoisotopic (exact) mass is 269 g/mol. The summed E-state index contributed by atoms with van der Waals surface area (Å²) in [7, 11) is 0. The minimum absolute atomic E-state index is 0.119. The summed E-state index contributed by atoms with van der Waals surface area (Å²) in [6, 6.07) is 1.62. The molecule has 0 bridgehead atoms. The van der Waals surface area contributed by atoms with Crippen molar-refractivity contribution in [2.24, 2.45) is 5.92 Å². The van der Waals surface area contributed by atoms with Gasteiger partial charge >= 0.3 is 5.97 Å². The molecule has 0 aromatic carbocycles. The van der Waals surface area contributed by atoms with Gasteiger partial charge in [0.05, 0.1) is 18.2 Å². The number of carbonyl (C=O) groups excluding carboxylic acids is 1. The number of aliphatic carboxylic acids is 1. The van der Waals surface area contributed by atoms with Gasteiger partial charge in [-0.05, 0) is 13.5 Å². The SMILES string of the molecule is CCN(CC(=O)Nc1cc(C)no1)CC(C)C(=O)O. The van der Waals surface area contributed by atoms with Gasteiger partial charge in [-0.2, -0.15) is 0 Å². The third kappa shape index (κ3) is 5.09. The summed E-state index contributed by atoms with van der Waals surface area (Å²) in [5.41, 5.74) is 0.683. The first-order chi connectivity index (χ1) is 8.92. The molecule has 0 radical (unpaired) electrons. The van der Waals surface area contributed by atoms with Crippen LogP contribution in [-0.2, 0) is 9.59 Å². The van der Waals surface area contributed by atoms with Crippen LogP contribution < -0.4 is 5.32 Å². The second-order valence-electron chi connectivity index (χ2n) is 4.45. The van der Waals surface area contributed by atoms with E-state index in [2.05, 4.69) is 10.5 Å². The average Bonchev–Trinajstić information content (AvgIpc) is 2.73. The number of aryl methyl sites for hydroxylation is 1. The molecule has 0 saturated heterocycles. The molecular formula is C12H19N3O4. The second kappa shape index (κ2) is 6.89. The van der Waals surface area contributed by atoms with Crippen LogP contribution in [0.4, 0.5) is 5.88 Å². The van der Waals surface area contributed by atoms with Gasteiger partial charge in [0, 0.05) is 12.6 Å². The van der Waals surface area contributed by atoms with E-state index in [4.69, 9.17) is 9.63 Å². The van der Waals surface area contributed by atoms with Gasteiger partial charge in [0.15, 0.2) is 0 Å². The van der Waals surface area contributed by atoms with E-state index < -0.39 is 11.9 Å². The number of aromatic nitrogens is 1. The van der Waals surface area contributed by atoms with Crippen molar-refractivity contribution in [2.75, 3.05) is 25.0 Å². The second-order valence-corrected chi connectivity index (χ2v) is 4.45. The Kier molecular flexibility index (Phi) is 5.50. The highest BCUT2D eigenvalue weighted by atomic mass is 16.5. The van der Waals surface area contributed by atoms with Crippen LogP contribution in [0.15, 0.2) is 10.6 Å². The predicted octanol–water partition coefficient (Wildman–Crippen LogP) is 0.964. The van der Waals surface area contributed by atoms with E-state index in [1.54, 1.807) is 24.8 Å². The lowest BCUT2D eigenvalue weighted by atomic mass is 10.1. The molecule has 0 aliphatic heterocycles. The Labute approximate surface area is 111 Å². The van der Waals surface area contributed by atoms with Crippen LogP contribution in [0.5, 0.6) is 0 Å². The molecule has 1 rings (SSSR count). The van der Waals surface area contributed by atoms with E-state index in [1.807, 2.05) is 6.92 Å². The lowest BCUT2D eigenvalue weighted by Crippen LogP contribution is -2.37. The van der Waals surface area contributed by atoms with Gasteiger partial charge in [-0.15, -0.1) is 0 Å². The normalized spacial score (nSPS) is 12.4. The predicted molar refractivity (Wildman–Crippen MR) is 68.8 cm³/mol. The fourth-order valence-corrected chi connectivity index (χ4v) is 1.57. The molecule has 106 valence electrons. The van der Waals surface area contributed by atoms with E-state index in [0.717, 1.165) is 0 Å². The molecule has 0 spiro atoms. The Balaban J connectivity index is 2.46. The number of anilines is 1. The van der Waals surface area contributed by atoms with Crippen molar-refractivity contribution in [1.82, 2.24) is 10.1 Å². The zero-order chi connectivity index (χ0) is 14.4. The van der Waals surface area contributed by atoms with Gasteiger partial charge in [0.25, 0.3) is 0 Å². The van der Waals surface area contributed by atoms with Crippen molar-refractivity contribution >= 4 is 17.8 Å². The van der Waals surface area contributed by atoms with Crippen LogP contribution in [0.25, 0.3) is 0 Å². The van der Waals surface area contributed by atoms with Crippen molar-refractivity contribution in [3.05, 3.63) is 11.8 Å². The Bertz CT molecular complexity index is 444. The number of likely N-dealkylation sites (N-methyl/N-ethyl adjacent to an activating group) is 1. The topological polar surface area (TPSA) is 95.7 Å². The van der Waals surface area contributed by atoms with E-state index in [0.29, 0.717) is 24.7 Å². The molecule has 0 saturated carbocycles. The maximum Gasteiger partial charge on any atom is 0.307 e. The Morgan fingerprint density at radius 3 is 2.74 bits per heavy atom. The van der Waals surface area contributed by atoms with E-state index in [9.17, 15) is 9.59 Å². The lowest BCUT2D eigenvalue weighted by molar-refractivity contribution is -0.142. The Hall–Kier alpha value is -1.89. The van der Waals surface area contributed by atoms with Crippen LogP contribution in [0.1, 0.15) is 19.5 Å².